The Labute approximate surface area is 171 Å². The topological polar surface area (TPSA) is 50.8 Å². The van der Waals surface area contributed by atoms with Crippen LogP contribution in [0.15, 0.2) is 48.5 Å². The average Bonchev–Trinajstić information content (AvgIpc) is 2.74. The fourth-order valence-corrected chi connectivity index (χ4v) is 3.28. The lowest BCUT2D eigenvalue weighted by atomic mass is 10.1. The van der Waals surface area contributed by atoms with E-state index < -0.39 is 6.10 Å². The SMILES string of the molecule is CC[C@@H](Oc1ccc(F)cc1)C(=O)NCc1ccc(OC2CCN(C)CC2)cc1. The maximum atomic E-state index is 13.0. The molecule has 1 saturated heterocycles. The lowest BCUT2D eigenvalue weighted by Crippen LogP contribution is -2.37. The predicted octanol–water partition coefficient (Wildman–Crippen LogP) is 3.77. The summed E-state index contributed by atoms with van der Waals surface area (Å²) < 4.78 is 24.7. The van der Waals surface area contributed by atoms with E-state index in [-0.39, 0.29) is 17.8 Å². The number of piperidine rings is 1. The zero-order chi connectivity index (χ0) is 20.6. The molecule has 0 unspecified atom stereocenters. The average molecular weight is 400 g/mol. The highest BCUT2D eigenvalue weighted by Crippen LogP contribution is 2.19. The van der Waals surface area contributed by atoms with Gasteiger partial charge in [0.1, 0.15) is 23.4 Å². The fourth-order valence-electron chi connectivity index (χ4n) is 3.28. The van der Waals surface area contributed by atoms with Crippen molar-refractivity contribution in [1.29, 1.82) is 0 Å². The first-order chi connectivity index (χ1) is 14.0. The van der Waals surface area contributed by atoms with E-state index in [1.165, 1.54) is 24.3 Å². The maximum absolute atomic E-state index is 13.0. The molecule has 0 spiro atoms. The van der Waals surface area contributed by atoms with Crippen LogP contribution in [0.5, 0.6) is 11.5 Å². The number of hydrogen-bond donors (Lipinski definition) is 1. The summed E-state index contributed by atoms with van der Waals surface area (Å²) in [6.07, 6.45) is 2.26. The van der Waals surface area contributed by atoms with Crippen LogP contribution in [0.1, 0.15) is 31.7 Å². The minimum atomic E-state index is -0.618. The van der Waals surface area contributed by atoms with Crippen molar-refractivity contribution in [3.8, 4) is 11.5 Å². The second-order valence-corrected chi connectivity index (χ2v) is 7.45. The summed E-state index contributed by atoms with van der Waals surface area (Å²) in [6, 6.07) is 13.5. The highest BCUT2D eigenvalue weighted by Gasteiger charge is 2.19. The zero-order valence-electron chi connectivity index (χ0n) is 17.1. The van der Waals surface area contributed by atoms with Crippen LogP contribution in [-0.4, -0.2) is 43.2 Å². The molecular weight excluding hydrogens is 371 g/mol. The Morgan fingerprint density at radius 1 is 1.10 bits per heavy atom. The third-order valence-electron chi connectivity index (χ3n) is 5.11. The Balaban J connectivity index is 1.46. The monoisotopic (exact) mass is 400 g/mol. The van der Waals surface area contributed by atoms with Gasteiger partial charge in [0.05, 0.1) is 0 Å². The van der Waals surface area contributed by atoms with E-state index in [2.05, 4.69) is 17.3 Å². The number of likely N-dealkylation sites (tertiary alicyclic amines) is 1. The fraction of sp³-hybridized carbons (Fsp3) is 0.435. The van der Waals surface area contributed by atoms with Gasteiger partial charge in [0.15, 0.2) is 6.10 Å². The second kappa shape index (κ2) is 10.3. The predicted molar refractivity (Wildman–Crippen MR) is 111 cm³/mol. The second-order valence-electron chi connectivity index (χ2n) is 7.45. The van der Waals surface area contributed by atoms with E-state index in [9.17, 15) is 9.18 Å². The molecule has 0 saturated carbocycles. The van der Waals surface area contributed by atoms with E-state index in [4.69, 9.17) is 9.47 Å². The van der Waals surface area contributed by atoms with Gasteiger partial charge < -0.3 is 19.7 Å². The molecule has 0 aliphatic carbocycles. The Bertz CT molecular complexity index is 772. The van der Waals surface area contributed by atoms with Crippen LogP contribution in [0.25, 0.3) is 0 Å². The van der Waals surface area contributed by atoms with Crippen molar-refractivity contribution in [1.82, 2.24) is 10.2 Å². The summed E-state index contributed by atoms with van der Waals surface area (Å²) in [5.74, 6) is 0.811. The maximum Gasteiger partial charge on any atom is 0.261 e. The molecule has 2 aromatic rings. The number of carbonyl (C=O) groups is 1. The lowest BCUT2D eigenvalue weighted by molar-refractivity contribution is -0.128. The minimum absolute atomic E-state index is 0.191. The van der Waals surface area contributed by atoms with Crippen LogP contribution < -0.4 is 14.8 Å². The molecule has 6 heteroatoms. The van der Waals surface area contributed by atoms with Gasteiger partial charge in [-0.25, -0.2) is 4.39 Å². The van der Waals surface area contributed by atoms with Gasteiger partial charge in [0, 0.05) is 19.6 Å². The number of rotatable bonds is 8. The number of carbonyl (C=O) groups excluding carboxylic acids is 1. The quantitative estimate of drug-likeness (QED) is 0.733. The van der Waals surface area contributed by atoms with Crippen LogP contribution >= 0.6 is 0 Å². The van der Waals surface area contributed by atoms with Gasteiger partial charge in [-0.1, -0.05) is 19.1 Å². The molecule has 2 aromatic carbocycles. The number of ether oxygens (including phenoxy) is 2. The van der Waals surface area contributed by atoms with Crippen molar-refractivity contribution >= 4 is 5.91 Å². The van der Waals surface area contributed by atoms with Gasteiger partial charge >= 0.3 is 0 Å². The van der Waals surface area contributed by atoms with Crippen molar-refractivity contribution < 1.29 is 18.7 Å². The zero-order valence-corrected chi connectivity index (χ0v) is 17.1. The van der Waals surface area contributed by atoms with Crippen molar-refractivity contribution in [2.45, 2.75) is 44.9 Å². The van der Waals surface area contributed by atoms with Crippen LogP contribution in [0.2, 0.25) is 0 Å². The van der Waals surface area contributed by atoms with Crippen LogP contribution in [0.3, 0.4) is 0 Å². The molecule has 1 aliphatic heterocycles. The van der Waals surface area contributed by atoms with E-state index in [0.29, 0.717) is 18.7 Å². The van der Waals surface area contributed by atoms with Crippen molar-refractivity contribution in [2.75, 3.05) is 20.1 Å². The summed E-state index contributed by atoms with van der Waals surface area (Å²) in [4.78, 5) is 14.8. The molecule has 5 nitrogen and oxygen atoms in total. The van der Waals surface area contributed by atoms with Crippen molar-refractivity contribution in [3.63, 3.8) is 0 Å². The summed E-state index contributed by atoms with van der Waals surface area (Å²) in [7, 11) is 2.13. The molecule has 1 heterocycles. The molecular formula is C23H29FN2O3. The lowest BCUT2D eigenvalue weighted by Gasteiger charge is -2.29. The molecule has 0 radical (unpaired) electrons. The molecule has 1 N–H and O–H groups in total. The van der Waals surface area contributed by atoms with E-state index >= 15 is 0 Å². The largest absolute Gasteiger partial charge is 0.490 e. The van der Waals surface area contributed by atoms with E-state index in [0.717, 1.165) is 37.2 Å². The van der Waals surface area contributed by atoms with Crippen molar-refractivity contribution in [2.24, 2.45) is 0 Å². The van der Waals surface area contributed by atoms with Gasteiger partial charge in [-0.15, -0.1) is 0 Å². The number of benzene rings is 2. The highest BCUT2D eigenvalue weighted by molar-refractivity contribution is 5.81. The third-order valence-corrected chi connectivity index (χ3v) is 5.11. The van der Waals surface area contributed by atoms with Gasteiger partial charge in [-0.05, 0) is 68.3 Å². The Morgan fingerprint density at radius 2 is 1.72 bits per heavy atom. The number of nitrogens with zero attached hydrogens (tertiary/aromatic N) is 1. The third kappa shape index (κ3) is 6.46. The molecule has 0 aromatic heterocycles. The van der Waals surface area contributed by atoms with Gasteiger partial charge in [-0.3, -0.25) is 4.79 Å². The highest BCUT2D eigenvalue weighted by atomic mass is 19.1. The first kappa shape index (κ1) is 21.1. The van der Waals surface area contributed by atoms with Crippen molar-refractivity contribution in [3.05, 3.63) is 59.9 Å². The number of halogens is 1. The number of amides is 1. The molecule has 1 fully saturated rings. The van der Waals surface area contributed by atoms with Gasteiger partial charge in [-0.2, -0.15) is 0 Å². The van der Waals surface area contributed by atoms with Crippen LogP contribution in [-0.2, 0) is 11.3 Å². The van der Waals surface area contributed by atoms with Crippen LogP contribution in [0, 0.1) is 5.82 Å². The van der Waals surface area contributed by atoms with Crippen LogP contribution in [0.4, 0.5) is 4.39 Å². The Kier molecular flexibility index (Phi) is 7.47. The molecule has 156 valence electrons. The Morgan fingerprint density at radius 3 is 2.34 bits per heavy atom. The molecule has 1 amide bonds. The Hall–Kier alpha value is -2.60. The number of nitrogens with one attached hydrogen (secondary N) is 1. The van der Waals surface area contributed by atoms with Gasteiger partial charge in [0.2, 0.25) is 0 Å². The smallest absolute Gasteiger partial charge is 0.261 e. The van der Waals surface area contributed by atoms with E-state index in [1.807, 2.05) is 31.2 Å². The molecule has 29 heavy (non-hydrogen) atoms. The first-order valence-corrected chi connectivity index (χ1v) is 10.2. The molecule has 1 aliphatic rings. The summed E-state index contributed by atoms with van der Waals surface area (Å²) in [5.41, 5.74) is 0.991. The summed E-state index contributed by atoms with van der Waals surface area (Å²) >= 11 is 0. The molecule has 3 rings (SSSR count). The summed E-state index contributed by atoms with van der Waals surface area (Å²) in [5, 5.41) is 2.90. The summed E-state index contributed by atoms with van der Waals surface area (Å²) in [6.45, 7) is 4.42. The normalized spacial score (nSPS) is 16.2. The minimum Gasteiger partial charge on any atom is -0.490 e. The first-order valence-electron chi connectivity index (χ1n) is 10.2. The molecule has 0 bridgehead atoms. The standard InChI is InChI=1S/C23H29FN2O3/c1-3-22(29-20-10-6-18(24)7-11-20)23(27)25-16-17-4-8-19(9-5-17)28-21-12-14-26(2)15-13-21/h4-11,21-22H,3,12-16H2,1-2H3,(H,25,27)/t22-/m1/s1. The van der Waals surface area contributed by atoms with Gasteiger partial charge in [0.25, 0.3) is 5.91 Å². The number of hydrogen-bond acceptors (Lipinski definition) is 4. The van der Waals surface area contributed by atoms with E-state index in [1.54, 1.807) is 0 Å². The molecule has 1 atom stereocenters.